The van der Waals surface area contributed by atoms with Crippen molar-refractivity contribution in [3.63, 3.8) is 0 Å². The summed E-state index contributed by atoms with van der Waals surface area (Å²) in [5.74, 6) is -0.152. The fourth-order valence-corrected chi connectivity index (χ4v) is 5.28. The number of ether oxygens (including phenoxy) is 1. The summed E-state index contributed by atoms with van der Waals surface area (Å²) < 4.78 is 19.3. The van der Waals surface area contributed by atoms with Crippen molar-refractivity contribution in [3.8, 4) is 0 Å². The zero-order valence-corrected chi connectivity index (χ0v) is 20.9. The number of hydrogen-bond donors (Lipinski definition) is 1. The van der Waals surface area contributed by atoms with Crippen molar-refractivity contribution in [1.29, 1.82) is 0 Å². The highest BCUT2D eigenvalue weighted by Crippen LogP contribution is 2.36. The maximum Gasteiger partial charge on any atom is 0.338 e. The lowest BCUT2D eigenvalue weighted by Crippen LogP contribution is -2.38. The van der Waals surface area contributed by atoms with Crippen LogP contribution in [0.3, 0.4) is 0 Å². The smallest absolute Gasteiger partial charge is 0.338 e. The van der Waals surface area contributed by atoms with Gasteiger partial charge >= 0.3 is 5.97 Å². The number of hydrogen-bond acceptors (Lipinski definition) is 4. The first-order valence-corrected chi connectivity index (χ1v) is 12.4. The quantitative estimate of drug-likeness (QED) is 0.309. The number of nitrogens with one attached hydrogen (secondary N) is 1. The van der Waals surface area contributed by atoms with Crippen LogP contribution in [0.4, 0.5) is 15.8 Å². The number of esters is 1. The van der Waals surface area contributed by atoms with Crippen LogP contribution >= 0.6 is 0 Å². The molecule has 0 radical (unpaired) electrons. The Morgan fingerprint density at radius 3 is 2.61 bits per heavy atom. The Morgan fingerprint density at radius 1 is 1.06 bits per heavy atom. The maximum atomic E-state index is 14.3. The van der Waals surface area contributed by atoms with E-state index in [0.29, 0.717) is 16.9 Å². The molecule has 2 atom stereocenters. The molecule has 5 rings (SSSR count). The second-order valence-electron chi connectivity index (χ2n) is 9.61. The van der Waals surface area contributed by atoms with Crippen LogP contribution in [0.2, 0.25) is 0 Å². The standard InChI is InChI=1S/C31H31FN2O2/c1-20-12-13-24(17-28(20)31(35)36-3)34-19-22(16-23-8-4-7-11-30(23)34)18-33-21(2)25-14-15-29(32)27-10-6-5-9-26(25)27/h4-15,17,21-22,33H,16,18-19H2,1-3H3/t21-,22?/m1/s1. The number of rotatable bonds is 6. The molecule has 0 bridgehead atoms. The molecule has 1 aliphatic rings. The van der Waals surface area contributed by atoms with Crippen molar-refractivity contribution in [2.45, 2.75) is 26.3 Å². The minimum absolute atomic E-state index is 0.0754. The molecular formula is C31H31FN2O2. The maximum absolute atomic E-state index is 14.3. The van der Waals surface area contributed by atoms with Gasteiger partial charge in [0.05, 0.1) is 12.7 Å². The Balaban J connectivity index is 1.39. The number of anilines is 2. The summed E-state index contributed by atoms with van der Waals surface area (Å²) in [4.78, 5) is 14.6. The van der Waals surface area contributed by atoms with E-state index in [4.69, 9.17) is 4.74 Å². The van der Waals surface area contributed by atoms with Crippen LogP contribution < -0.4 is 10.2 Å². The lowest BCUT2D eigenvalue weighted by atomic mass is 9.91. The number of nitrogens with zero attached hydrogens (tertiary/aromatic N) is 1. The van der Waals surface area contributed by atoms with Crippen LogP contribution in [0.15, 0.2) is 78.9 Å². The van der Waals surface area contributed by atoms with Crippen molar-refractivity contribution in [1.82, 2.24) is 5.32 Å². The number of halogens is 1. The molecule has 1 aliphatic heterocycles. The largest absolute Gasteiger partial charge is 0.465 e. The molecule has 1 heterocycles. The first kappa shape index (κ1) is 24.0. The van der Waals surface area contributed by atoms with E-state index in [2.05, 4.69) is 47.5 Å². The van der Waals surface area contributed by atoms with E-state index in [9.17, 15) is 9.18 Å². The van der Waals surface area contributed by atoms with Gasteiger partial charge in [-0.1, -0.05) is 54.6 Å². The predicted molar refractivity (Wildman–Crippen MR) is 143 cm³/mol. The third-order valence-electron chi connectivity index (χ3n) is 7.25. The zero-order chi connectivity index (χ0) is 25.2. The summed E-state index contributed by atoms with van der Waals surface area (Å²) in [5, 5.41) is 5.31. The lowest BCUT2D eigenvalue weighted by molar-refractivity contribution is 0.0600. The molecule has 4 aromatic rings. The van der Waals surface area contributed by atoms with Crippen molar-refractivity contribution in [2.24, 2.45) is 5.92 Å². The molecule has 0 aromatic heterocycles. The van der Waals surface area contributed by atoms with E-state index in [0.717, 1.165) is 41.7 Å². The Hall–Kier alpha value is -3.70. The normalized spacial score (nSPS) is 16.0. The molecule has 0 aliphatic carbocycles. The molecule has 0 saturated heterocycles. The second-order valence-corrected chi connectivity index (χ2v) is 9.61. The van der Waals surface area contributed by atoms with Crippen molar-refractivity contribution in [2.75, 3.05) is 25.1 Å². The number of methoxy groups -OCH3 is 1. The minimum atomic E-state index is -0.321. The fourth-order valence-electron chi connectivity index (χ4n) is 5.28. The highest BCUT2D eigenvalue weighted by atomic mass is 19.1. The second kappa shape index (κ2) is 10.1. The first-order chi connectivity index (χ1) is 17.5. The van der Waals surface area contributed by atoms with E-state index < -0.39 is 0 Å². The molecule has 1 unspecified atom stereocenters. The Kier molecular flexibility index (Phi) is 6.75. The Morgan fingerprint density at radius 2 is 1.81 bits per heavy atom. The number of para-hydroxylation sites is 1. The van der Waals surface area contributed by atoms with Crippen LogP contribution in [0.1, 0.15) is 40.0 Å². The summed E-state index contributed by atoms with van der Waals surface area (Å²) in [6.45, 7) is 5.70. The summed E-state index contributed by atoms with van der Waals surface area (Å²) in [5.41, 5.74) is 6.03. The van der Waals surface area contributed by atoms with Gasteiger partial charge in [0.15, 0.2) is 0 Å². The van der Waals surface area contributed by atoms with Crippen LogP contribution in [-0.4, -0.2) is 26.2 Å². The van der Waals surface area contributed by atoms with Gasteiger partial charge in [0.25, 0.3) is 0 Å². The van der Waals surface area contributed by atoms with Crippen molar-refractivity contribution < 1.29 is 13.9 Å². The number of benzene rings is 4. The topological polar surface area (TPSA) is 41.6 Å². The third-order valence-corrected chi connectivity index (χ3v) is 7.25. The third kappa shape index (κ3) is 4.59. The van der Waals surface area contributed by atoms with E-state index in [1.54, 1.807) is 6.07 Å². The lowest BCUT2D eigenvalue weighted by Gasteiger charge is -2.37. The van der Waals surface area contributed by atoms with Gasteiger partial charge in [-0.2, -0.15) is 0 Å². The number of aryl methyl sites for hydroxylation is 1. The molecule has 1 N–H and O–H groups in total. The van der Waals surface area contributed by atoms with Gasteiger partial charge in [-0.15, -0.1) is 0 Å². The highest BCUT2D eigenvalue weighted by Gasteiger charge is 2.26. The van der Waals surface area contributed by atoms with E-state index in [-0.39, 0.29) is 17.8 Å². The average molecular weight is 483 g/mol. The van der Waals surface area contributed by atoms with Crippen LogP contribution in [0, 0.1) is 18.7 Å². The van der Waals surface area contributed by atoms with E-state index >= 15 is 0 Å². The van der Waals surface area contributed by atoms with Gasteiger partial charge in [0.2, 0.25) is 0 Å². The molecule has 5 heteroatoms. The molecule has 4 aromatic carbocycles. The van der Waals surface area contributed by atoms with Crippen LogP contribution in [0.25, 0.3) is 10.8 Å². The van der Waals surface area contributed by atoms with Gasteiger partial charge in [0.1, 0.15) is 5.82 Å². The Bertz CT molecular complexity index is 1420. The summed E-state index contributed by atoms with van der Waals surface area (Å²) >= 11 is 0. The molecule has 36 heavy (non-hydrogen) atoms. The molecule has 184 valence electrons. The van der Waals surface area contributed by atoms with Gasteiger partial charge in [-0.05, 0) is 72.5 Å². The Labute approximate surface area is 211 Å². The predicted octanol–water partition coefficient (Wildman–Crippen LogP) is 6.74. The zero-order valence-electron chi connectivity index (χ0n) is 20.9. The first-order valence-electron chi connectivity index (χ1n) is 12.4. The summed E-state index contributed by atoms with van der Waals surface area (Å²) in [6, 6.07) is 25.6. The van der Waals surface area contributed by atoms with E-state index in [1.165, 1.54) is 18.4 Å². The molecule has 0 amide bonds. The van der Waals surface area contributed by atoms with Crippen molar-refractivity contribution in [3.05, 3.63) is 107 Å². The molecule has 4 nitrogen and oxygen atoms in total. The summed E-state index contributed by atoms with van der Waals surface area (Å²) in [6.07, 6.45) is 0.965. The molecular weight excluding hydrogens is 451 g/mol. The average Bonchev–Trinajstić information content (AvgIpc) is 2.91. The molecule has 0 fully saturated rings. The summed E-state index contributed by atoms with van der Waals surface area (Å²) in [7, 11) is 1.41. The number of fused-ring (bicyclic) bond motifs is 2. The van der Waals surface area contributed by atoms with Gasteiger partial charge in [-0.25, -0.2) is 9.18 Å². The number of carbonyl (C=O) groups is 1. The fraction of sp³-hybridized carbons (Fsp3) is 0.258. The van der Waals surface area contributed by atoms with Gasteiger partial charge in [-0.3, -0.25) is 0 Å². The van der Waals surface area contributed by atoms with Crippen LogP contribution in [-0.2, 0) is 11.2 Å². The monoisotopic (exact) mass is 482 g/mol. The van der Waals surface area contributed by atoms with E-state index in [1.807, 2.05) is 49.4 Å². The van der Waals surface area contributed by atoms with Crippen molar-refractivity contribution >= 4 is 28.1 Å². The van der Waals surface area contributed by atoms with Gasteiger partial charge < -0.3 is 15.0 Å². The molecule has 0 spiro atoms. The minimum Gasteiger partial charge on any atom is -0.465 e. The molecule has 0 saturated carbocycles. The highest BCUT2D eigenvalue weighted by molar-refractivity contribution is 5.92. The van der Waals surface area contributed by atoms with Gasteiger partial charge in [0, 0.05) is 35.9 Å². The number of carbonyl (C=O) groups excluding carboxylic acids is 1. The SMILES string of the molecule is COC(=O)c1cc(N2CC(CN[C@H](C)c3ccc(F)c4ccccc34)Cc3ccccc32)ccc1C. The van der Waals surface area contributed by atoms with Crippen LogP contribution in [0.5, 0.6) is 0 Å².